The summed E-state index contributed by atoms with van der Waals surface area (Å²) in [5, 5.41) is 3.03. The van der Waals surface area contributed by atoms with E-state index < -0.39 is 11.6 Å². The monoisotopic (exact) mass is 197 g/mol. The Kier molecular flexibility index (Phi) is 2.66. The average Bonchev–Trinajstić information content (AvgIpc) is 2.66. The smallest absolute Gasteiger partial charge is 0.181 e. The van der Waals surface area contributed by atoms with Crippen molar-refractivity contribution in [1.82, 2.24) is 0 Å². The van der Waals surface area contributed by atoms with Crippen molar-refractivity contribution >= 4 is 5.69 Å². The Morgan fingerprint density at radius 2 is 1.86 bits per heavy atom. The molecule has 1 aromatic rings. The second kappa shape index (κ2) is 3.95. The van der Waals surface area contributed by atoms with Gasteiger partial charge in [-0.25, -0.2) is 8.78 Å². The van der Waals surface area contributed by atoms with Gasteiger partial charge in [-0.05, 0) is 25.0 Å². The van der Waals surface area contributed by atoms with Crippen LogP contribution in [0.5, 0.6) is 0 Å². The first-order valence-electron chi connectivity index (χ1n) is 4.98. The van der Waals surface area contributed by atoms with Crippen LogP contribution in [-0.2, 0) is 0 Å². The molecule has 3 heteroatoms. The Labute approximate surface area is 82.1 Å². The molecule has 1 aromatic carbocycles. The Balaban J connectivity index is 2.11. The summed E-state index contributed by atoms with van der Waals surface area (Å²) in [6, 6.07) is 4.55. The molecule has 0 heterocycles. The third-order valence-electron chi connectivity index (χ3n) is 2.67. The fourth-order valence-corrected chi connectivity index (χ4v) is 1.91. The number of benzene rings is 1. The van der Waals surface area contributed by atoms with Crippen LogP contribution in [0.2, 0.25) is 0 Å². The SMILES string of the molecule is Fc1cccc(NC2CCCC2)c1F. The summed E-state index contributed by atoms with van der Waals surface area (Å²) in [5.74, 6) is -1.55. The molecule has 0 atom stereocenters. The molecule has 76 valence electrons. The molecule has 1 saturated carbocycles. The summed E-state index contributed by atoms with van der Waals surface area (Å²) in [5.41, 5.74) is 0.289. The molecular weight excluding hydrogens is 184 g/mol. The van der Waals surface area contributed by atoms with Gasteiger partial charge >= 0.3 is 0 Å². The highest BCUT2D eigenvalue weighted by molar-refractivity contribution is 5.45. The molecule has 1 N–H and O–H groups in total. The maximum atomic E-state index is 13.2. The minimum Gasteiger partial charge on any atom is -0.380 e. The lowest BCUT2D eigenvalue weighted by atomic mass is 10.2. The summed E-state index contributed by atoms with van der Waals surface area (Å²) in [6.45, 7) is 0. The van der Waals surface area contributed by atoms with Crippen molar-refractivity contribution in [2.75, 3.05) is 5.32 Å². The number of anilines is 1. The third kappa shape index (κ3) is 1.86. The van der Waals surface area contributed by atoms with Crippen molar-refractivity contribution in [3.05, 3.63) is 29.8 Å². The van der Waals surface area contributed by atoms with Crippen LogP contribution in [0.4, 0.5) is 14.5 Å². The molecule has 0 aromatic heterocycles. The van der Waals surface area contributed by atoms with Gasteiger partial charge in [0.1, 0.15) is 0 Å². The predicted octanol–water partition coefficient (Wildman–Crippen LogP) is 3.32. The molecule has 1 aliphatic rings. The van der Waals surface area contributed by atoms with E-state index in [9.17, 15) is 8.78 Å². The van der Waals surface area contributed by atoms with Crippen molar-refractivity contribution in [2.45, 2.75) is 31.7 Å². The van der Waals surface area contributed by atoms with Gasteiger partial charge in [0.2, 0.25) is 0 Å². The van der Waals surface area contributed by atoms with E-state index in [1.54, 1.807) is 6.07 Å². The molecule has 0 radical (unpaired) electrons. The molecule has 14 heavy (non-hydrogen) atoms. The van der Waals surface area contributed by atoms with Crippen molar-refractivity contribution in [3.8, 4) is 0 Å². The van der Waals surface area contributed by atoms with Gasteiger partial charge in [0, 0.05) is 6.04 Å². The molecule has 2 rings (SSSR count). The lowest BCUT2D eigenvalue weighted by Gasteiger charge is -2.13. The van der Waals surface area contributed by atoms with Crippen molar-refractivity contribution in [1.29, 1.82) is 0 Å². The Morgan fingerprint density at radius 1 is 1.14 bits per heavy atom. The molecule has 0 aliphatic heterocycles. The van der Waals surface area contributed by atoms with Crippen LogP contribution >= 0.6 is 0 Å². The van der Waals surface area contributed by atoms with Gasteiger partial charge in [-0.3, -0.25) is 0 Å². The third-order valence-corrected chi connectivity index (χ3v) is 2.67. The van der Waals surface area contributed by atoms with Crippen LogP contribution in [0.25, 0.3) is 0 Å². The Hall–Kier alpha value is -1.12. The fraction of sp³-hybridized carbons (Fsp3) is 0.455. The number of hydrogen-bond acceptors (Lipinski definition) is 1. The fourth-order valence-electron chi connectivity index (χ4n) is 1.91. The van der Waals surface area contributed by atoms with Crippen LogP contribution in [0.3, 0.4) is 0 Å². The maximum absolute atomic E-state index is 13.2. The average molecular weight is 197 g/mol. The highest BCUT2D eigenvalue weighted by Crippen LogP contribution is 2.24. The lowest BCUT2D eigenvalue weighted by molar-refractivity contribution is 0.509. The first kappa shape index (κ1) is 9.44. The lowest BCUT2D eigenvalue weighted by Crippen LogP contribution is -2.15. The molecule has 0 unspecified atom stereocenters. The van der Waals surface area contributed by atoms with Crippen molar-refractivity contribution < 1.29 is 8.78 Å². The highest BCUT2D eigenvalue weighted by Gasteiger charge is 2.16. The van der Waals surface area contributed by atoms with Crippen molar-refractivity contribution in [2.24, 2.45) is 0 Å². The van der Waals surface area contributed by atoms with E-state index in [1.165, 1.54) is 18.9 Å². The number of rotatable bonds is 2. The van der Waals surface area contributed by atoms with E-state index in [0.29, 0.717) is 6.04 Å². The number of halogens is 2. The largest absolute Gasteiger partial charge is 0.380 e. The van der Waals surface area contributed by atoms with Gasteiger partial charge in [0.25, 0.3) is 0 Å². The van der Waals surface area contributed by atoms with E-state index >= 15 is 0 Å². The molecule has 1 aliphatic carbocycles. The van der Waals surface area contributed by atoms with Gasteiger partial charge in [0.05, 0.1) is 5.69 Å². The predicted molar refractivity (Wildman–Crippen MR) is 52.2 cm³/mol. The van der Waals surface area contributed by atoms with Crippen LogP contribution < -0.4 is 5.32 Å². The van der Waals surface area contributed by atoms with Crippen LogP contribution in [0, 0.1) is 11.6 Å². The number of nitrogens with one attached hydrogen (secondary N) is 1. The summed E-state index contributed by atoms with van der Waals surface area (Å²) in [6.07, 6.45) is 4.45. The van der Waals surface area contributed by atoms with Crippen LogP contribution in [0.1, 0.15) is 25.7 Å². The van der Waals surface area contributed by atoms with Crippen LogP contribution in [0.15, 0.2) is 18.2 Å². The van der Waals surface area contributed by atoms with E-state index in [-0.39, 0.29) is 5.69 Å². The Bertz CT molecular complexity index is 319. The minimum absolute atomic E-state index is 0.289. The standard InChI is InChI=1S/C11H13F2N/c12-9-6-3-7-10(11(9)13)14-8-4-1-2-5-8/h3,6-8,14H,1-2,4-5H2. The summed E-state index contributed by atoms with van der Waals surface area (Å²) < 4.78 is 26.1. The molecule has 1 fully saturated rings. The Morgan fingerprint density at radius 3 is 2.57 bits per heavy atom. The second-order valence-electron chi connectivity index (χ2n) is 3.73. The molecule has 1 nitrogen and oxygen atoms in total. The summed E-state index contributed by atoms with van der Waals surface area (Å²) in [4.78, 5) is 0. The zero-order chi connectivity index (χ0) is 9.97. The van der Waals surface area contributed by atoms with E-state index in [2.05, 4.69) is 5.32 Å². The van der Waals surface area contributed by atoms with E-state index in [4.69, 9.17) is 0 Å². The minimum atomic E-state index is -0.784. The van der Waals surface area contributed by atoms with Gasteiger partial charge in [-0.2, -0.15) is 0 Å². The van der Waals surface area contributed by atoms with E-state index in [0.717, 1.165) is 18.9 Å². The second-order valence-corrected chi connectivity index (χ2v) is 3.73. The van der Waals surface area contributed by atoms with E-state index in [1.807, 2.05) is 0 Å². The first-order chi connectivity index (χ1) is 6.77. The quantitative estimate of drug-likeness (QED) is 0.766. The maximum Gasteiger partial charge on any atom is 0.181 e. The van der Waals surface area contributed by atoms with Gasteiger partial charge in [0.15, 0.2) is 11.6 Å². The zero-order valence-electron chi connectivity index (χ0n) is 7.89. The molecular formula is C11H13F2N. The molecule has 0 saturated heterocycles. The molecule has 0 spiro atoms. The van der Waals surface area contributed by atoms with Gasteiger partial charge in [-0.15, -0.1) is 0 Å². The topological polar surface area (TPSA) is 12.0 Å². The van der Waals surface area contributed by atoms with Gasteiger partial charge in [-0.1, -0.05) is 18.9 Å². The number of hydrogen-bond donors (Lipinski definition) is 1. The van der Waals surface area contributed by atoms with Crippen LogP contribution in [-0.4, -0.2) is 6.04 Å². The highest BCUT2D eigenvalue weighted by atomic mass is 19.2. The normalized spacial score (nSPS) is 17.3. The summed E-state index contributed by atoms with van der Waals surface area (Å²) >= 11 is 0. The van der Waals surface area contributed by atoms with Gasteiger partial charge < -0.3 is 5.32 Å². The first-order valence-corrected chi connectivity index (χ1v) is 4.98. The zero-order valence-corrected chi connectivity index (χ0v) is 7.89. The summed E-state index contributed by atoms with van der Waals surface area (Å²) in [7, 11) is 0. The van der Waals surface area contributed by atoms with Crippen molar-refractivity contribution in [3.63, 3.8) is 0 Å². The molecule has 0 bridgehead atoms. The molecule has 0 amide bonds.